The first-order valence-electron chi connectivity index (χ1n) is 6.89. The first-order valence-corrected chi connectivity index (χ1v) is 6.89. The molecule has 0 unspecified atom stereocenters. The maximum Gasteiger partial charge on any atom is 0.299 e. The van der Waals surface area contributed by atoms with Crippen LogP contribution in [0.5, 0.6) is 0 Å². The van der Waals surface area contributed by atoms with Crippen molar-refractivity contribution in [3.8, 4) is 0 Å². The minimum atomic E-state index is -0.547. The Balaban J connectivity index is 1.92. The topological polar surface area (TPSA) is 76.3 Å². The molecule has 1 aliphatic rings. The molecule has 1 aliphatic heterocycles. The highest BCUT2D eigenvalue weighted by Gasteiger charge is 2.37. The molecule has 0 bridgehead atoms. The van der Waals surface area contributed by atoms with Crippen LogP contribution in [0, 0.1) is 6.92 Å². The zero-order chi connectivity index (χ0) is 15.0. The molecule has 3 rings (SSSR count). The summed E-state index contributed by atoms with van der Waals surface area (Å²) in [5.41, 5.74) is 1.95. The lowest BCUT2D eigenvalue weighted by Crippen LogP contribution is -2.29. The minimum Gasteiger partial charge on any atom is -0.337 e. The molecular weight excluding hydrogens is 270 g/mol. The summed E-state index contributed by atoms with van der Waals surface area (Å²) in [5.74, 6) is -0.0669. The number of benzene rings is 1. The Kier molecular flexibility index (Phi) is 3.29. The number of anilines is 1. The summed E-state index contributed by atoms with van der Waals surface area (Å²) in [5, 5.41) is 3.86. The van der Waals surface area contributed by atoms with Gasteiger partial charge in [0.15, 0.2) is 5.82 Å². The fourth-order valence-corrected chi connectivity index (χ4v) is 2.51. The molecule has 6 nitrogen and oxygen atoms in total. The number of fused-ring (bicyclic) bond motifs is 1. The van der Waals surface area contributed by atoms with Crippen LogP contribution >= 0.6 is 0 Å². The molecule has 0 N–H and O–H groups in total. The summed E-state index contributed by atoms with van der Waals surface area (Å²) in [7, 11) is 0. The maximum absolute atomic E-state index is 12.1. The van der Waals surface area contributed by atoms with Crippen LogP contribution in [0.25, 0.3) is 0 Å². The van der Waals surface area contributed by atoms with E-state index in [0.29, 0.717) is 23.0 Å². The summed E-state index contributed by atoms with van der Waals surface area (Å²) < 4.78 is 5.15. The number of aromatic nitrogens is 2. The maximum atomic E-state index is 12.1. The molecule has 0 saturated heterocycles. The molecule has 0 spiro atoms. The fourth-order valence-electron chi connectivity index (χ4n) is 2.51. The number of hydrogen-bond acceptors (Lipinski definition) is 5. The van der Waals surface area contributed by atoms with Gasteiger partial charge in [-0.1, -0.05) is 24.2 Å². The molecule has 21 heavy (non-hydrogen) atoms. The third-order valence-corrected chi connectivity index (χ3v) is 3.47. The van der Waals surface area contributed by atoms with Gasteiger partial charge in [-0.25, -0.2) is 0 Å². The van der Waals surface area contributed by atoms with Gasteiger partial charge in [-0.15, -0.1) is 0 Å². The van der Waals surface area contributed by atoms with Crippen molar-refractivity contribution in [2.24, 2.45) is 0 Å². The van der Waals surface area contributed by atoms with Gasteiger partial charge >= 0.3 is 0 Å². The average molecular weight is 285 g/mol. The van der Waals surface area contributed by atoms with Gasteiger partial charge in [0, 0.05) is 6.42 Å². The van der Waals surface area contributed by atoms with Crippen LogP contribution in [-0.2, 0) is 17.8 Å². The van der Waals surface area contributed by atoms with Gasteiger partial charge in [-0.3, -0.25) is 14.5 Å². The van der Waals surface area contributed by atoms with E-state index in [9.17, 15) is 9.59 Å². The third-order valence-electron chi connectivity index (χ3n) is 3.47. The highest BCUT2D eigenvalue weighted by molar-refractivity contribution is 6.52. The van der Waals surface area contributed by atoms with Crippen molar-refractivity contribution in [2.45, 2.75) is 33.2 Å². The Morgan fingerprint density at radius 3 is 2.86 bits per heavy atom. The molecule has 2 aromatic rings. The van der Waals surface area contributed by atoms with E-state index in [1.54, 1.807) is 12.1 Å². The van der Waals surface area contributed by atoms with Crippen LogP contribution in [-0.4, -0.2) is 21.8 Å². The number of amides is 1. The summed E-state index contributed by atoms with van der Waals surface area (Å²) in [6.45, 7) is 4.02. The highest BCUT2D eigenvalue weighted by Crippen LogP contribution is 2.33. The van der Waals surface area contributed by atoms with E-state index in [1.807, 2.05) is 19.9 Å². The number of rotatable bonds is 4. The number of hydrogen-bond donors (Lipinski definition) is 0. The van der Waals surface area contributed by atoms with E-state index < -0.39 is 11.7 Å². The van der Waals surface area contributed by atoms with Crippen molar-refractivity contribution in [1.82, 2.24) is 10.1 Å². The van der Waals surface area contributed by atoms with Crippen LogP contribution < -0.4 is 4.90 Å². The number of carbonyl (C=O) groups excluding carboxylic acids is 2. The second-order valence-electron chi connectivity index (χ2n) is 5.05. The van der Waals surface area contributed by atoms with Crippen LogP contribution in [0.2, 0.25) is 0 Å². The molecule has 1 amide bonds. The lowest BCUT2D eigenvalue weighted by Gasteiger charge is -2.15. The summed E-state index contributed by atoms with van der Waals surface area (Å²) >= 11 is 0. The Morgan fingerprint density at radius 2 is 2.10 bits per heavy atom. The summed E-state index contributed by atoms with van der Waals surface area (Å²) in [6.07, 6.45) is 1.65. The van der Waals surface area contributed by atoms with Crippen molar-refractivity contribution in [3.63, 3.8) is 0 Å². The van der Waals surface area contributed by atoms with Crippen molar-refractivity contribution in [1.29, 1.82) is 0 Å². The second-order valence-corrected chi connectivity index (χ2v) is 5.05. The molecular formula is C15H15N3O3. The Bertz CT molecular complexity index is 721. The van der Waals surface area contributed by atoms with Crippen LogP contribution in [0.1, 0.15) is 41.0 Å². The number of nitrogens with zero attached hydrogens (tertiary/aromatic N) is 3. The van der Waals surface area contributed by atoms with E-state index in [0.717, 1.165) is 18.4 Å². The lowest BCUT2D eigenvalue weighted by atomic mass is 10.1. The van der Waals surface area contributed by atoms with Crippen LogP contribution in [0.4, 0.5) is 5.69 Å². The van der Waals surface area contributed by atoms with Gasteiger partial charge in [-0.05, 0) is 25.0 Å². The number of carbonyl (C=O) groups is 2. The van der Waals surface area contributed by atoms with Gasteiger partial charge in [0.2, 0.25) is 5.89 Å². The van der Waals surface area contributed by atoms with E-state index in [2.05, 4.69) is 10.1 Å². The Labute approximate surface area is 121 Å². The zero-order valence-electron chi connectivity index (χ0n) is 11.9. The van der Waals surface area contributed by atoms with Crippen LogP contribution in [0.15, 0.2) is 22.7 Å². The van der Waals surface area contributed by atoms with Crippen molar-refractivity contribution in [3.05, 3.63) is 41.0 Å². The molecule has 0 atom stereocenters. The summed E-state index contributed by atoms with van der Waals surface area (Å²) in [4.78, 5) is 29.8. The van der Waals surface area contributed by atoms with Gasteiger partial charge in [0.1, 0.15) is 6.54 Å². The van der Waals surface area contributed by atoms with Gasteiger partial charge in [-0.2, -0.15) is 4.98 Å². The average Bonchev–Trinajstić information content (AvgIpc) is 3.00. The summed E-state index contributed by atoms with van der Waals surface area (Å²) in [6, 6.07) is 5.31. The smallest absolute Gasteiger partial charge is 0.299 e. The van der Waals surface area contributed by atoms with Crippen LogP contribution in [0.3, 0.4) is 0 Å². The Hall–Kier alpha value is -2.50. The predicted octanol–water partition coefficient (Wildman–Crippen LogP) is 2.06. The second kappa shape index (κ2) is 5.12. The molecule has 0 radical (unpaired) electrons. The quantitative estimate of drug-likeness (QED) is 0.804. The predicted molar refractivity (Wildman–Crippen MR) is 75.0 cm³/mol. The van der Waals surface area contributed by atoms with E-state index in [-0.39, 0.29) is 6.54 Å². The normalized spacial score (nSPS) is 13.9. The van der Waals surface area contributed by atoms with Gasteiger partial charge in [0.25, 0.3) is 11.7 Å². The fraction of sp³-hybridized carbons (Fsp3) is 0.333. The molecule has 0 aliphatic carbocycles. The third kappa shape index (κ3) is 2.22. The number of ketones is 1. The first-order chi connectivity index (χ1) is 10.1. The van der Waals surface area contributed by atoms with E-state index >= 15 is 0 Å². The van der Waals surface area contributed by atoms with Crippen molar-refractivity contribution in [2.75, 3.05) is 4.90 Å². The van der Waals surface area contributed by atoms with Crippen molar-refractivity contribution >= 4 is 17.4 Å². The monoisotopic (exact) mass is 285 g/mol. The van der Waals surface area contributed by atoms with Crippen molar-refractivity contribution < 1.29 is 14.1 Å². The molecule has 1 aromatic heterocycles. The Morgan fingerprint density at radius 1 is 1.29 bits per heavy atom. The van der Waals surface area contributed by atoms with Gasteiger partial charge < -0.3 is 4.52 Å². The molecule has 6 heteroatoms. The number of Topliss-reactive ketones (excluding diaryl/α,β-unsaturated/α-hetero) is 1. The van der Waals surface area contributed by atoms with Gasteiger partial charge in [0.05, 0.1) is 11.3 Å². The SMILES string of the molecule is CCCc1noc(CN2C(=O)C(=O)c3cccc(C)c32)n1. The lowest BCUT2D eigenvalue weighted by molar-refractivity contribution is -0.114. The molecule has 1 aromatic carbocycles. The zero-order valence-corrected chi connectivity index (χ0v) is 11.9. The molecule has 108 valence electrons. The first kappa shape index (κ1) is 13.5. The largest absolute Gasteiger partial charge is 0.337 e. The molecule has 2 heterocycles. The molecule has 0 saturated carbocycles. The minimum absolute atomic E-state index is 0.124. The number of para-hydroxylation sites is 1. The number of aryl methyl sites for hydroxylation is 2. The van der Waals surface area contributed by atoms with E-state index in [4.69, 9.17) is 4.52 Å². The standard InChI is InChI=1S/C15H15N3O3/c1-3-5-11-16-12(21-17-11)8-18-13-9(2)6-4-7-10(13)14(19)15(18)20/h4,6-7H,3,5,8H2,1-2H3. The van der Waals surface area contributed by atoms with E-state index in [1.165, 1.54) is 4.90 Å². The molecule has 0 fully saturated rings. The highest BCUT2D eigenvalue weighted by atomic mass is 16.5.